The Balaban J connectivity index is 1.99. The van der Waals surface area contributed by atoms with Crippen LogP contribution in [0.2, 0.25) is 0 Å². The SMILES string of the molecule is Cc1nccc(CNC(C)c2ccc(C(C)(C)C)cc2)n1. The Morgan fingerprint density at radius 3 is 2.33 bits per heavy atom. The van der Waals surface area contributed by atoms with Gasteiger partial charge in [0.25, 0.3) is 0 Å². The summed E-state index contributed by atoms with van der Waals surface area (Å²) in [5, 5.41) is 3.51. The molecule has 1 aromatic carbocycles. The molecule has 2 aromatic rings. The fraction of sp³-hybridized carbons (Fsp3) is 0.444. The predicted octanol–water partition coefficient (Wildman–Crippen LogP) is 3.93. The van der Waals surface area contributed by atoms with Gasteiger partial charge in [-0.15, -0.1) is 0 Å². The quantitative estimate of drug-likeness (QED) is 0.923. The first-order chi connectivity index (χ1) is 9.86. The number of hydrogen-bond donors (Lipinski definition) is 1. The van der Waals surface area contributed by atoms with E-state index in [9.17, 15) is 0 Å². The van der Waals surface area contributed by atoms with Crippen LogP contribution in [0.5, 0.6) is 0 Å². The number of aromatic nitrogens is 2. The molecule has 0 saturated heterocycles. The van der Waals surface area contributed by atoms with Crippen molar-refractivity contribution >= 4 is 0 Å². The van der Waals surface area contributed by atoms with Crippen molar-refractivity contribution in [2.45, 2.75) is 52.6 Å². The maximum absolute atomic E-state index is 4.41. The highest BCUT2D eigenvalue weighted by Crippen LogP contribution is 2.23. The lowest BCUT2D eigenvalue weighted by Gasteiger charge is -2.20. The largest absolute Gasteiger partial charge is 0.305 e. The molecule has 0 saturated carbocycles. The van der Waals surface area contributed by atoms with Crippen LogP contribution >= 0.6 is 0 Å². The average Bonchev–Trinajstić information content (AvgIpc) is 2.44. The molecule has 1 atom stereocenters. The third-order valence-corrected chi connectivity index (χ3v) is 3.70. The zero-order valence-electron chi connectivity index (χ0n) is 13.6. The second kappa shape index (κ2) is 6.35. The minimum Gasteiger partial charge on any atom is -0.305 e. The van der Waals surface area contributed by atoms with E-state index in [0.29, 0.717) is 6.04 Å². The normalized spacial score (nSPS) is 13.2. The summed E-state index contributed by atoms with van der Waals surface area (Å²) >= 11 is 0. The molecule has 3 nitrogen and oxygen atoms in total. The molecule has 1 unspecified atom stereocenters. The molecule has 1 N–H and O–H groups in total. The van der Waals surface area contributed by atoms with E-state index in [-0.39, 0.29) is 5.41 Å². The van der Waals surface area contributed by atoms with Crippen molar-refractivity contribution in [3.8, 4) is 0 Å². The molecule has 1 aromatic heterocycles. The van der Waals surface area contributed by atoms with Crippen LogP contribution in [0.3, 0.4) is 0 Å². The number of aryl methyl sites for hydroxylation is 1. The molecule has 0 aliphatic carbocycles. The van der Waals surface area contributed by atoms with E-state index in [1.54, 1.807) is 0 Å². The van der Waals surface area contributed by atoms with Gasteiger partial charge in [-0.25, -0.2) is 9.97 Å². The van der Waals surface area contributed by atoms with E-state index in [1.807, 2.05) is 19.2 Å². The summed E-state index contributed by atoms with van der Waals surface area (Å²) in [7, 11) is 0. The molecule has 0 aliphatic rings. The van der Waals surface area contributed by atoms with Crippen LogP contribution in [-0.2, 0) is 12.0 Å². The minimum atomic E-state index is 0.202. The van der Waals surface area contributed by atoms with Gasteiger partial charge in [0.15, 0.2) is 0 Å². The third-order valence-electron chi connectivity index (χ3n) is 3.70. The maximum Gasteiger partial charge on any atom is 0.125 e. The zero-order valence-corrected chi connectivity index (χ0v) is 13.6. The molecule has 0 aliphatic heterocycles. The molecule has 2 rings (SSSR count). The molecule has 0 amide bonds. The first kappa shape index (κ1) is 15.6. The van der Waals surface area contributed by atoms with Gasteiger partial charge < -0.3 is 5.32 Å². The van der Waals surface area contributed by atoms with Crippen molar-refractivity contribution in [1.82, 2.24) is 15.3 Å². The van der Waals surface area contributed by atoms with E-state index in [0.717, 1.165) is 18.1 Å². The fourth-order valence-electron chi connectivity index (χ4n) is 2.25. The topological polar surface area (TPSA) is 37.8 Å². The number of hydrogen-bond acceptors (Lipinski definition) is 3. The van der Waals surface area contributed by atoms with E-state index in [1.165, 1.54) is 11.1 Å². The van der Waals surface area contributed by atoms with Crippen LogP contribution < -0.4 is 5.32 Å². The number of nitrogens with one attached hydrogen (secondary N) is 1. The lowest BCUT2D eigenvalue weighted by molar-refractivity contribution is 0.562. The molecule has 1 heterocycles. The molecule has 3 heteroatoms. The third kappa shape index (κ3) is 4.36. The van der Waals surface area contributed by atoms with Gasteiger partial charge in [0.2, 0.25) is 0 Å². The molecule has 0 spiro atoms. The van der Waals surface area contributed by atoms with Gasteiger partial charge in [0.1, 0.15) is 5.82 Å². The first-order valence-corrected chi connectivity index (χ1v) is 7.48. The van der Waals surface area contributed by atoms with Crippen molar-refractivity contribution < 1.29 is 0 Å². The Bertz CT molecular complexity index is 582. The van der Waals surface area contributed by atoms with Crippen LogP contribution in [0, 0.1) is 6.92 Å². The van der Waals surface area contributed by atoms with Gasteiger partial charge in [-0.1, -0.05) is 45.0 Å². The van der Waals surface area contributed by atoms with E-state index < -0.39 is 0 Å². The van der Waals surface area contributed by atoms with Crippen molar-refractivity contribution in [3.05, 3.63) is 59.2 Å². The van der Waals surface area contributed by atoms with Gasteiger partial charge >= 0.3 is 0 Å². The van der Waals surface area contributed by atoms with Crippen LogP contribution in [-0.4, -0.2) is 9.97 Å². The summed E-state index contributed by atoms with van der Waals surface area (Å²) in [6.45, 7) is 11.6. The van der Waals surface area contributed by atoms with E-state index in [2.05, 4.69) is 67.2 Å². The standard InChI is InChI=1S/C18H25N3/c1-13(20-12-17-10-11-19-14(2)21-17)15-6-8-16(9-7-15)18(3,4)5/h6-11,13,20H,12H2,1-5H3. The number of rotatable bonds is 4. The van der Waals surface area contributed by atoms with Crippen molar-refractivity contribution in [2.24, 2.45) is 0 Å². The predicted molar refractivity (Wildman–Crippen MR) is 87.2 cm³/mol. The van der Waals surface area contributed by atoms with Gasteiger partial charge in [-0.05, 0) is 36.5 Å². The Kier molecular flexibility index (Phi) is 4.73. The lowest BCUT2D eigenvalue weighted by Crippen LogP contribution is -2.19. The van der Waals surface area contributed by atoms with Crippen LogP contribution in [0.4, 0.5) is 0 Å². The number of benzene rings is 1. The first-order valence-electron chi connectivity index (χ1n) is 7.48. The van der Waals surface area contributed by atoms with Crippen molar-refractivity contribution in [3.63, 3.8) is 0 Å². The van der Waals surface area contributed by atoms with Crippen molar-refractivity contribution in [1.29, 1.82) is 0 Å². The summed E-state index contributed by atoms with van der Waals surface area (Å²) in [6.07, 6.45) is 1.81. The average molecular weight is 283 g/mol. The molecule has 112 valence electrons. The minimum absolute atomic E-state index is 0.202. The summed E-state index contributed by atoms with van der Waals surface area (Å²) in [5.41, 5.74) is 3.90. The highest BCUT2D eigenvalue weighted by Gasteiger charge is 2.14. The molecular weight excluding hydrogens is 258 g/mol. The monoisotopic (exact) mass is 283 g/mol. The Labute approximate surface area is 127 Å². The van der Waals surface area contributed by atoms with Gasteiger partial charge in [0, 0.05) is 18.8 Å². The lowest BCUT2D eigenvalue weighted by atomic mass is 9.86. The highest BCUT2D eigenvalue weighted by molar-refractivity contribution is 5.29. The summed E-state index contributed by atoms with van der Waals surface area (Å²) in [6, 6.07) is 11.1. The van der Waals surface area contributed by atoms with Gasteiger partial charge in [-0.3, -0.25) is 0 Å². The smallest absolute Gasteiger partial charge is 0.125 e. The fourth-order valence-corrected chi connectivity index (χ4v) is 2.25. The summed E-state index contributed by atoms with van der Waals surface area (Å²) < 4.78 is 0. The molecule has 21 heavy (non-hydrogen) atoms. The second-order valence-corrected chi connectivity index (χ2v) is 6.57. The molecule has 0 radical (unpaired) electrons. The maximum atomic E-state index is 4.41. The van der Waals surface area contributed by atoms with E-state index >= 15 is 0 Å². The van der Waals surface area contributed by atoms with Gasteiger partial charge in [0.05, 0.1) is 5.69 Å². The Morgan fingerprint density at radius 2 is 1.76 bits per heavy atom. The summed E-state index contributed by atoms with van der Waals surface area (Å²) in [5.74, 6) is 0.816. The van der Waals surface area contributed by atoms with Crippen molar-refractivity contribution in [2.75, 3.05) is 0 Å². The second-order valence-electron chi connectivity index (χ2n) is 6.57. The molecular formula is C18H25N3. The van der Waals surface area contributed by atoms with Gasteiger partial charge in [-0.2, -0.15) is 0 Å². The highest BCUT2D eigenvalue weighted by atomic mass is 14.9. The number of nitrogens with zero attached hydrogens (tertiary/aromatic N) is 2. The Morgan fingerprint density at radius 1 is 1.10 bits per heavy atom. The molecule has 0 fully saturated rings. The van der Waals surface area contributed by atoms with Crippen LogP contribution in [0.1, 0.15) is 56.4 Å². The Hall–Kier alpha value is -1.74. The summed E-state index contributed by atoms with van der Waals surface area (Å²) in [4.78, 5) is 8.53. The van der Waals surface area contributed by atoms with E-state index in [4.69, 9.17) is 0 Å². The molecule has 0 bridgehead atoms. The zero-order chi connectivity index (χ0) is 15.5. The van der Waals surface area contributed by atoms with Crippen LogP contribution in [0.25, 0.3) is 0 Å². The van der Waals surface area contributed by atoms with Crippen LogP contribution in [0.15, 0.2) is 36.5 Å².